The number of aromatic nitrogens is 4. The summed E-state index contributed by atoms with van der Waals surface area (Å²) in [6.07, 6.45) is 5.88. The predicted molar refractivity (Wildman–Crippen MR) is 93.8 cm³/mol. The molecule has 0 saturated carbocycles. The summed E-state index contributed by atoms with van der Waals surface area (Å²) in [6, 6.07) is 5.74. The van der Waals surface area contributed by atoms with Crippen LogP contribution in [0.5, 0.6) is 5.75 Å². The number of carbonyl (C=O) groups is 1. The van der Waals surface area contributed by atoms with Gasteiger partial charge >= 0.3 is 0 Å². The van der Waals surface area contributed by atoms with Gasteiger partial charge in [0.15, 0.2) is 0 Å². The summed E-state index contributed by atoms with van der Waals surface area (Å²) < 4.78 is 6.89. The van der Waals surface area contributed by atoms with Gasteiger partial charge < -0.3 is 9.64 Å². The minimum Gasteiger partial charge on any atom is -0.494 e. The molecular formula is C18H25N5O2. The average Bonchev–Trinajstić information content (AvgIpc) is 3.15. The van der Waals surface area contributed by atoms with Crippen LogP contribution >= 0.6 is 0 Å². The van der Waals surface area contributed by atoms with Crippen LogP contribution in [0.15, 0.2) is 24.5 Å². The molecule has 1 aromatic carbocycles. The van der Waals surface area contributed by atoms with E-state index in [2.05, 4.69) is 29.4 Å². The molecule has 1 saturated heterocycles. The van der Waals surface area contributed by atoms with E-state index in [1.54, 1.807) is 19.2 Å². The Morgan fingerprint density at radius 2 is 2.20 bits per heavy atom. The smallest absolute Gasteiger partial charge is 0.254 e. The van der Waals surface area contributed by atoms with E-state index in [9.17, 15) is 4.79 Å². The van der Waals surface area contributed by atoms with Crippen LogP contribution in [0.4, 0.5) is 0 Å². The highest BCUT2D eigenvalue weighted by atomic mass is 16.5. The molecule has 0 N–H and O–H groups in total. The number of amides is 1. The lowest BCUT2D eigenvalue weighted by atomic mass is 9.93. The largest absolute Gasteiger partial charge is 0.494 e. The molecule has 7 nitrogen and oxygen atoms in total. The van der Waals surface area contributed by atoms with Gasteiger partial charge in [0.2, 0.25) is 0 Å². The Hall–Kier alpha value is -2.44. The van der Waals surface area contributed by atoms with Crippen molar-refractivity contribution in [2.24, 2.45) is 5.92 Å². The monoisotopic (exact) mass is 343 g/mol. The van der Waals surface area contributed by atoms with Crippen molar-refractivity contribution in [1.82, 2.24) is 25.1 Å². The van der Waals surface area contributed by atoms with Crippen LogP contribution in [0.3, 0.4) is 0 Å². The maximum atomic E-state index is 13.1. The van der Waals surface area contributed by atoms with Crippen LogP contribution < -0.4 is 4.74 Å². The molecule has 0 unspecified atom stereocenters. The lowest BCUT2D eigenvalue weighted by molar-refractivity contribution is 0.0584. The molecule has 0 aliphatic carbocycles. The van der Waals surface area contributed by atoms with Crippen LogP contribution in [0.25, 0.3) is 5.69 Å². The van der Waals surface area contributed by atoms with E-state index in [-0.39, 0.29) is 5.91 Å². The fourth-order valence-electron chi connectivity index (χ4n) is 3.50. The maximum absolute atomic E-state index is 13.1. The summed E-state index contributed by atoms with van der Waals surface area (Å²) in [5.41, 5.74) is 1.30. The molecule has 1 aliphatic rings. The Morgan fingerprint density at radius 3 is 2.88 bits per heavy atom. The van der Waals surface area contributed by atoms with Gasteiger partial charge in [0, 0.05) is 18.2 Å². The number of ether oxygens (including phenoxy) is 1. The first-order valence-corrected chi connectivity index (χ1v) is 8.82. The van der Waals surface area contributed by atoms with Crippen LogP contribution in [-0.2, 0) is 0 Å². The molecule has 0 radical (unpaired) electrons. The van der Waals surface area contributed by atoms with Gasteiger partial charge in [0.1, 0.15) is 17.8 Å². The third-order valence-corrected chi connectivity index (χ3v) is 4.65. The molecule has 0 spiro atoms. The SMILES string of the molecule is COc1ccc(C(=O)N2CCCC[C@@H]2CC(C)C)cc1-n1cnnn1. The van der Waals surface area contributed by atoms with Gasteiger partial charge in [-0.3, -0.25) is 4.79 Å². The number of carbonyl (C=O) groups excluding carboxylic acids is 1. The van der Waals surface area contributed by atoms with Crippen molar-refractivity contribution in [3.8, 4) is 11.4 Å². The van der Waals surface area contributed by atoms with Crippen LogP contribution in [0.1, 0.15) is 49.9 Å². The van der Waals surface area contributed by atoms with E-state index >= 15 is 0 Å². The highest BCUT2D eigenvalue weighted by Crippen LogP contribution is 2.27. The van der Waals surface area contributed by atoms with Crippen molar-refractivity contribution < 1.29 is 9.53 Å². The first-order valence-electron chi connectivity index (χ1n) is 8.82. The summed E-state index contributed by atoms with van der Waals surface area (Å²) >= 11 is 0. The molecule has 2 heterocycles. The Kier molecular flexibility index (Phi) is 5.31. The molecule has 1 atom stereocenters. The molecular weight excluding hydrogens is 318 g/mol. The lowest BCUT2D eigenvalue weighted by Gasteiger charge is -2.37. The van der Waals surface area contributed by atoms with Gasteiger partial charge in [0.25, 0.3) is 5.91 Å². The van der Waals surface area contributed by atoms with E-state index in [0.717, 1.165) is 25.8 Å². The Bertz CT molecular complexity index is 714. The van der Waals surface area contributed by atoms with Crippen molar-refractivity contribution in [1.29, 1.82) is 0 Å². The first kappa shape index (κ1) is 17.4. The molecule has 1 aromatic heterocycles. The van der Waals surface area contributed by atoms with Gasteiger partial charge in [-0.05, 0) is 60.2 Å². The van der Waals surface area contributed by atoms with Gasteiger partial charge in [-0.2, -0.15) is 4.68 Å². The molecule has 2 aromatic rings. The highest BCUT2D eigenvalue weighted by molar-refractivity contribution is 5.95. The lowest BCUT2D eigenvalue weighted by Crippen LogP contribution is -2.44. The van der Waals surface area contributed by atoms with Gasteiger partial charge in [-0.25, -0.2) is 0 Å². The van der Waals surface area contributed by atoms with Crippen LogP contribution in [0.2, 0.25) is 0 Å². The number of methoxy groups -OCH3 is 1. The van der Waals surface area contributed by atoms with Crippen molar-refractivity contribution >= 4 is 5.91 Å². The fourth-order valence-corrected chi connectivity index (χ4v) is 3.50. The number of benzene rings is 1. The second-order valence-electron chi connectivity index (χ2n) is 6.92. The van der Waals surface area contributed by atoms with Crippen LogP contribution in [0, 0.1) is 5.92 Å². The number of piperidine rings is 1. The summed E-state index contributed by atoms with van der Waals surface area (Å²) in [4.78, 5) is 15.2. The summed E-state index contributed by atoms with van der Waals surface area (Å²) in [5.74, 6) is 1.27. The molecule has 1 fully saturated rings. The van der Waals surface area contributed by atoms with E-state index in [4.69, 9.17) is 4.74 Å². The maximum Gasteiger partial charge on any atom is 0.254 e. The summed E-state index contributed by atoms with van der Waals surface area (Å²) in [5, 5.41) is 11.2. The Morgan fingerprint density at radius 1 is 1.36 bits per heavy atom. The number of hydrogen-bond donors (Lipinski definition) is 0. The van der Waals surface area contributed by atoms with E-state index in [0.29, 0.717) is 29.0 Å². The molecule has 0 bridgehead atoms. The summed E-state index contributed by atoms with van der Waals surface area (Å²) in [7, 11) is 1.59. The zero-order chi connectivity index (χ0) is 17.8. The topological polar surface area (TPSA) is 73.1 Å². The van der Waals surface area contributed by atoms with Crippen molar-refractivity contribution in [3.63, 3.8) is 0 Å². The summed E-state index contributed by atoms with van der Waals surface area (Å²) in [6.45, 7) is 5.24. The quantitative estimate of drug-likeness (QED) is 0.834. The van der Waals surface area contributed by atoms with Gasteiger partial charge in [-0.15, -0.1) is 5.10 Å². The Balaban J connectivity index is 1.90. The molecule has 25 heavy (non-hydrogen) atoms. The van der Waals surface area contributed by atoms with E-state index < -0.39 is 0 Å². The second kappa shape index (κ2) is 7.63. The number of hydrogen-bond acceptors (Lipinski definition) is 5. The number of likely N-dealkylation sites (tertiary alicyclic amines) is 1. The predicted octanol–water partition coefficient (Wildman–Crippen LogP) is 2.71. The molecule has 1 amide bonds. The number of nitrogens with zero attached hydrogens (tertiary/aromatic N) is 5. The molecule has 7 heteroatoms. The second-order valence-corrected chi connectivity index (χ2v) is 6.92. The zero-order valence-electron chi connectivity index (χ0n) is 15.1. The zero-order valence-corrected chi connectivity index (χ0v) is 15.1. The third kappa shape index (κ3) is 3.81. The van der Waals surface area contributed by atoms with Crippen molar-refractivity contribution in [3.05, 3.63) is 30.1 Å². The molecule has 1 aliphatic heterocycles. The Labute approximate surface area is 148 Å². The highest BCUT2D eigenvalue weighted by Gasteiger charge is 2.28. The molecule has 134 valence electrons. The number of tetrazole rings is 1. The minimum atomic E-state index is 0.0716. The fraction of sp³-hybridized carbons (Fsp3) is 0.556. The van der Waals surface area contributed by atoms with Crippen molar-refractivity contribution in [2.75, 3.05) is 13.7 Å². The van der Waals surface area contributed by atoms with E-state index in [1.165, 1.54) is 17.4 Å². The third-order valence-electron chi connectivity index (χ3n) is 4.65. The van der Waals surface area contributed by atoms with Crippen molar-refractivity contribution in [2.45, 2.75) is 45.6 Å². The minimum absolute atomic E-state index is 0.0716. The van der Waals surface area contributed by atoms with Crippen LogP contribution in [-0.4, -0.2) is 50.7 Å². The standard InChI is InChI=1S/C18H25N5O2/c1-13(2)10-15-6-4-5-9-22(15)18(24)14-7-8-17(25-3)16(11-14)23-12-19-20-21-23/h7-8,11-13,15H,4-6,9-10H2,1-3H3/t15-/m1/s1. The normalized spacial score (nSPS) is 17.8. The van der Waals surface area contributed by atoms with Gasteiger partial charge in [0.05, 0.1) is 7.11 Å². The first-order chi connectivity index (χ1) is 12.1. The molecule has 3 rings (SSSR count). The van der Waals surface area contributed by atoms with E-state index in [1.807, 2.05) is 11.0 Å². The number of rotatable bonds is 5. The average molecular weight is 343 g/mol. The van der Waals surface area contributed by atoms with Gasteiger partial charge in [-0.1, -0.05) is 13.8 Å².